The quantitative estimate of drug-likeness (QED) is 0.680. The van der Waals surface area contributed by atoms with Crippen molar-refractivity contribution in [2.75, 3.05) is 26.3 Å². The van der Waals surface area contributed by atoms with Gasteiger partial charge in [0.2, 0.25) is 0 Å². The van der Waals surface area contributed by atoms with Gasteiger partial charge in [-0.25, -0.2) is 4.79 Å². The van der Waals surface area contributed by atoms with Crippen LogP contribution in [0.25, 0.3) is 0 Å². The molecule has 0 aromatic heterocycles. The Bertz CT molecular complexity index is 240. The standard InChI is InChI=1S/C13H26N2O3/c1-10(2)8-14-6-4-11(3)15-13(16)18-12-5-7-17-9-12/h10-12,14H,4-9H2,1-3H3,(H,15,16)/t11-,12-/m0/s1. The number of nitrogens with one attached hydrogen (secondary N) is 2. The molecule has 1 heterocycles. The van der Waals surface area contributed by atoms with Gasteiger partial charge in [0.05, 0.1) is 13.2 Å². The molecule has 2 atom stereocenters. The van der Waals surface area contributed by atoms with Gasteiger partial charge < -0.3 is 20.1 Å². The first-order chi connectivity index (χ1) is 8.58. The van der Waals surface area contributed by atoms with Crippen LogP contribution in [0.3, 0.4) is 0 Å². The van der Waals surface area contributed by atoms with E-state index in [1.807, 2.05) is 6.92 Å². The summed E-state index contributed by atoms with van der Waals surface area (Å²) in [6.45, 7) is 9.47. The molecule has 0 bridgehead atoms. The topological polar surface area (TPSA) is 59.6 Å². The van der Waals surface area contributed by atoms with Crippen molar-refractivity contribution in [3.05, 3.63) is 0 Å². The van der Waals surface area contributed by atoms with Crippen LogP contribution in [0.15, 0.2) is 0 Å². The van der Waals surface area contributed by atoms with Crippen LogP contribution in [0.2, 0.25) is 0 Å². The Labute approximate surface area is 110 Å². The molecule has 18 heavy (non-hydrogen) atoms. The molecule has 0 aliphatic carbocycles. The second-order valence-corrected chi connectivity index (χ2v) is 5.32. The average Bonchev–Trinajstić information content (AvgIpc) is 2.76. The van der Waals surface area contributed by atoms with E-state index in [0.29, 0.717) is 19.1 Å². The molecule has 1 rings (SSSR count). The van der Waals surface area contributed by atoms with Crippen molar-refractivity contribution in [2.24, 2.45) is 5.92 Å². The smallest absolute Gasteiger partial charge is 0.407 e. The Hall–Kier alpha value is -0.810. The Kier molecular flexibility index (Phi) is 7.05. The van der Waals surface area contributed by atoms with Gasteiger partial charge in [-0.2, -0.15) is 0 Å². The molecular formula is C13H26N2O3. The minimum Gasteiger partial charge on any atom is -0.444 e. The summed E-state index contributed by atoms with van der Waals surface area (Å²) in [6.07, 6.45) is 1.30. The minimum absolute atomic E-state index is 0.0729. The molecule has 0 radical (unpaired) electrons. The highest BCUT2D eigenvalue weighted by Crippen LogP contribution is 2.08. The Balaban J connectivity index is 2.03. The van der Waals surface area contributed by atoms with Crippen LogP contribution in [0.1, 0.15) is 33.6 Å². The summed E-state index contributed by atoms with van der Waals surface area (Å²) < 4.78 is 10.4. The zero-order valence-corrected chi connectivity index (χ0v) is 11.7. The lowest BCUT2D eigenvalue weighted by Crippen LogP contribution is -2.37. The molecule has 1 aliphatic rings. The Morgan fingerprint density at radius 1 is 1.44 bits per heavy atom. The van der Waals surface area contributed by atoms with Gasteiger partial charge in [-0.15, -0.1) is 0 Å². The lowest BCUT2D eigenvalue weighted by Gasteiger charge is -2.16. The van der Waals surface area contributed by atoms with Gasteiger partial charge in [-0.05, 0) is 32.4 Å². The maximum atomic E-state index is 11.5. The van der Waals surface area contributed by atoms with E-state index in [1.165, 1.54) is 0 Å². The maximum absolute atomic E-state index is 11.5. The number of hydrogen-bond acceptors (Lipinski definition) is 4. The van der Waals surface area contributed by atoms with Gasteiger partial charge in [0.15, 0.2) is 0 Å². The van der Waals surface area contributed by atoms with Crippen molar-refractivity contribution < 1.29 is 14.3 Å². The van der Waals surface area contributed by atoms with Crippen LogP contribution < -0.4 is 10.6 Å². The molecule has 1 amide bonds. The van der Waals surface area contributed by atoms with Crippen molar-refractivity contribution >= 4 is 6.09 Å². The largest absolute Gasteiger partial charge is 0.444 e. The zero-order chi connectivity index (χ0) is 13.4. The summed E-state index contributed by atoms with van der Waals surface area (Å²) in [6, 6.07) is 0.125. The van der Waals surface area contributed by atoms with E-state index in [0.717, 1.165) is 25.9 Å². The molecule has 2 N–H and O–H groups in total. The van der Waals surface area contributed by atoms with Crippen LogP contribution in [0, 0.1) is 5.92 Å². The van der Waals surface area contributed by atoms with Crippen LogP contribution >= 0.6 is 0 Å². The van der Waals surface area contributed by atoms with Crippen LogP contribution in [0.4, 0.5) is 4.79 Å². The molecule has 0 unspecified atom stereocenters. The summed E-state index contributed by atoms with van der Waals surface area (Å²) in [5, 5.41) is 6.19. The van der Waals surface area contributed by atoms with Crippen molar-refractivity contribution in [2.45, 2.75) is 45.8 Å². The number of alkyl carbamates (subject to hydrolysis) is 1. The summed E-state index contributed by atoms with van der Waals surface area (Å²) >= 11 is 0. The Morgan fingerprint density at radius 2 is 2.22 bits per heavy atom. The van der Waals surface area contributed by atoms with E-state index in [-0.39, 0.29) is 18.2 Å². The van der Waals surface area contributed by atoms with E-state index >= 15 is 0 Å². The fourth-order valence-electron chi connectivity index (χ4n) is 1.77. The molecular weight excluding hydrogens is 232 g/mol. The fraction of sp³-hybridized carbons (Fsp3) is 0.923. The summed E-state index contributed by atoms with van der Waals surface area (Å²) in [7, 11) is 0. The highest BCUT2D eigenvalue weighted by atomic mass is 16.6. The van der Waals surface area contributed by atoms with Crippen molar-refractivity contribution in [1.29, 1.82) is 0 Å². The molecule has 0 aromatic carbocycles. The highest BCUT2D eigenvalue weighted by molar-refractivity contribution is 5.67. The zero-order valence-electron chi connectivity index (χ0n) is 11.7. The number of rotatable bonds is 7. The lowest BCUT2D eigenvalue weighted by atomic mass is 10.2. The molecule has 1 aliphatic heterocycles. The second-order valence-electron chi connectivity index (χ2n) is 5.32. The molecule has 1 fully saturated rings. The van der Waals surface area contributed by atoms with Gasteiger partial charge in [-0.1, -0.05) is 13.8 Å². The third-order valence-corrected chi connectivity index (χ3v) is 2.83. The predicted octanol–water partition coefficient (Wildman–Crippen LogP) is 1.53. The summed E-state index contributed by atoms with van der Waals surface area (Å²) in [5.41, 5.74) is 0. The van der Waals surface area contributed by atoms with Gasteiger partial charge in [0.25, 0.3) is 0 Å². The third-order valence-electron chi connectivity index (χ3n) is 2.83. The highest BCUT2D eigenvalue weighted by Gasteiger charge is 2.20. The monoisotopic (exact) mass is 258 g/mol. The first-order valence-corrected chi connectivity index (χ1v) is 6.83. The van der Waals surface area contributed by atoms with E-state index < -0.39 is 0 Å². The van der Waals surface area contributed by atoms with Gasteiger partial charge >= 0.3 is 6.09 Å². The normalized spacial score (nSPS) is 21.0. The van der Waals surface area contributed by atoms with Gasteiger partial charge in [0, 0.05) is 12.5 Å². The van der Waals surface area contributed by atoms with Crippen LogP contribution in [0.5, 0.6) is 0 Å². The molecule has 0 spiro atoms. The number of carbonyl (C=O) groups is 1. The molecule has 0 saturated carbocycles. The number of ether oxygens (including phenoxy) is 2. The van der Waals surface area contributed by atoms with E-state index in [1.54, 1.807) is 0 Å². The van der Waals surface area contributed by atoms with Gasteiger partial charge in [-0.3, -0.25) is 0 Å². The van der Waals surface area contributed by atoms with E-state index in [2.05, 4.69) is 24.5 Å². The summed E-state index contributed by atoms with van der Waals surface area (Å²) in [5.74, 6) is 0.653. The molecule has 5 heteroatoms. The maximum Gasteiger partial charge on any atom is 0.407 e. The van der Waals surface area contributed by atoms with E-state index in [4.69, 9.17) is 9.47 Å². The Morgan fingerprint density at radius 3 is 2.83 bits per heavy atom. The molecule has 106 valence electrons. The number of carbonyl (C=O) groups excluding carboxylic acids is 1. The minimum atomic E-state index is -0.332. The van der Waals surface area contributed by atoms with Crippen LogP contribution in [-0.2, 0) is 9.47 Å². The van der Waals surface area contributed by atoms with Gasteiger partial charge in [0.1, 0.15) is 6.10 Å². The fourth-order valence-corrected chi connectivity index (χ4v) is 1.77. The molecule has 5 nitrogen and oxygen atoms in total. The molecule has 0 aromatic rings. The second kappa shape index (κ2) is 8.32. The predicted molar refractivity (Wildman–Crippen MR) is 70.6 cm³/mol. The van der Waals surface area contributed by atoms with Crippen LogP contribution in [-0.4, -0.2) is 44.5 Å². The van der Waals surface area contributed by atoms with E-state index in [9.17, 15) is 4.79 Å². The molecule has 1 saturated heterocycles. The number of amides is 1. The number of hydrogen-bond donors (Lipinski definition) is 2. The van der Waals surface area contributed by atoms with Crippen molar-refractivity contribution in [1.82, 2.24) is 10.6 Å². The average molecular weight is 258 g/mol. The van der Waals surface area contributed by atoms with Crippen molar-refractivity contribution in [3.8, 4) is 0 Å². The first kappa shape index (κ1) is 15.2. The third kappa shape index (κ3) is 6.81. The summed E-state index contributed by atoms with van der Waals surface area (Å²) in [4.78, 5) is 11.5. The SMILES string of the molecule is CC(C)CNCC[C@H](C)NC(=O)O[C@H]1CCOC1. The first-order valence-electron chi connectivity index (χ1n) is 6.83. The lowest BCUT2D eigenvalue weighted by molar-refractivity contribution is 0.0810. The van der Waals surface area contributed by atoms with Crippen molar-refractivity contribution in [3.63, 3.8) is 0 Å².